The molecule has 1 aromatic heterocycles. The van der Waals surface area contributed by atoms with Crippen molar-refractivity contribution in [2.45, 2.75) is 32.0 Å². The summed E-state index contributed by atoms with van der Waals surface area (Å²) in [7, 11) is 1.80. The molecule has 0 saturated heterocycles. The number of hydrogen-bond donors (Lipinski definition) is 0. The molecule has 0 aliphatic carbocycles. The minimum absolute atomic E-state index is 0.0113. The highest BCUT2D eigenvalue weighted by Gasteiger charge is 2.39. The van der Waals surface area contributed by atoms with Gasteiger partial charge in [0.25, 0.3) is 5.91 Å². The fourth-order valence-corrected chi connectivity index (χ4v) is 3.73. The molecule has 30 heavy (non-hydrogen) atoms. The van der Waals surface area contributed by atoms with Gasteiger partial charge in [-0.25, -0.2) is 4.39 Å². The van der Waals surface area contributed by atoms with Crippen molar-refractivity contribution in [3.63, 3.8) is 0 Å². The number of anilines is 1. The molecule has 2 heterocycles. The third-order valence-corrected chi connectivity index (χ3v) is 5.35. The second-order valence-electron chi connectivity index (χ2n) is 7.43. The van der Waals surface area contributed by atoms with Gasteiger partial charge in [-0.2, -0.15) is 13.2 Å². The summed E-state index contributed by atoms with van der Waals surface area (Å²) in [5.41, 5.74) is -0.101. The fraction of sp³-hybridized carbons (Fsp3) is 0.286. The van der Waals surface area contributed by atoms with Gasteiger partial charge in [0, 0.05) is 24.7 Å². The van der Waals surface area contributed by atoms with Crippen molar-refractivity contribution in [1.29, 1.82) is 0 Å². The number of carbonyl (C=O) groups is 1. The Labute approximate surface area is 170 Å². The van der Waals surface area contributed by atoms with Crippen LogP contribution < -0.4 is 4.90 Å². The fourth-order valence-electron chi connectivity index (χ4n) is 3.73. The average molecular weight is 418 g/mol. The van der Waals surface area contributed by atoms with E-state index in [1.54, 1.807) is 24.0 Å². The Hall–Kier alpha value is -3.23. The highest BCUT2D eigenvalue weighted by Crippen LogP contribution is 2.39. The molecular weight excluding hydrogens is 400 g/mol. The van der Waals surface area contributed by atoms with Gasteiger partial charge >= 0.3 is 6.18 Å². The van der Waals surface area contributed by atoms with E-state index in [2.05, 4.69) is 10.2 Å². The van der Waals surface area contributed by atoms with E-state index < -0.39 is 23.5 Å². The smallest absolute Gasteiger partial charge is 0.321 e. The van der Waals surface area contributed by atoms with Crippen molar-refractivity contribution in [3.05, 3.63) is 76.6 Å². The summed E-state index contributed by atoms with van der Waals surface area (Å²) in [5, 5.41) is 7.85. The van der Waals surface area contributed by atoms with Gasteiger partial charge in [0.15, 0.2) is 0 Å². The van der Waals surface area contributed by atoms with E-state index in [1.807, 2.05) is 6.92 Å². The highest BCUT2D eigenvalue weighted by molar-refractivity contribution is 6.10. The number of aromatic nitrogens is 3. The molecule has 0 spiro atoms. The van der Waals surface area contributed by atoms with Crippen molar-refractivity contribution >= 4 is 11.6 Å². The molecule has 156 valence electrons. The SMILES string of the molecule is C[C@H](Cc1nncn1C)c1cc(F)cc(N2Cc3c(cccc3C(F)(F)F)C2=O)c1. The summed E-state index contributed by atoms with van der Waals surface area (Å²) in [6.45, 7) is 1.62. The predicted octanol–water partition coefficient (Wildman–Crippen LogP) is 4.48. The van der Waals surface area contributed by atoms with Crippen LogP contribution in [0.3, 0.4) is 0 Å². The maximum atomic E-state index is 14.4. The first-order valence-corrected chi connectivity index (χ1v) is 9.29. The van der Waals surface area contributed by atoms with Gasteiger partial charge in [0.1, 0.15) is 18.0 Å². The number of hydrogen-bond acceptors (Lipinski definition) is 3. The Morgan fingerprint density at radius 1 is 1.20 bits per heavy atom. The van der Waals surface area contributed by atoms with Crippen LogP contribution in [-0.2, 0) is 26.2 Å². The van der Waals surface area contributed by atoms with Crippen molar-refractivity contribution in [3.8, 4) is 0 Å². The predicted molar refractivity (Wildman–Crippen MR) is 101 cm³/mol. The Morgan fingerprint density at radius 2 is 1.97 bits per heavy atom. The molecule has 4 rings (SSSR count). The molecule has 1 aliphatic heterocycles. The topological polar surface area (TPSA) is 51.0 Å². The van der Waals surface area contributed by atoms with E-state index in [0.29, 0.717) is 17.8 Å². The standard InChI is InChI=1S/C21H18F4N4O/c1-12(6-19-27-26-11-28(19)2)13-7-14(22)9-15(8-13)29-10-17-16(20(29)30)4-3-5-18(17)21(23,24)25/h3-5,7-9,11-12H,6,10H2,1-2H3/t12-/m1/s1. The largest absolute Gasteiger partial charge is 0.416 e. The van der Waals surface area contributed by atoms with Gasteiger partial charge in [-0.1, -0.05) is 13.0 Å². The number of amides is 1. The molecule has 0 unspecified atom stereocenters. The van der Waals surface area contributed by atoms with E-state index in [9.17, 15) is 22.4 Å². The van der Waals surface area contributed by atoms with Gasteiger partial charge in [0.2, 0.25) is 0 Å². The van der Waals surface area contributed by atoms with Gasteiger partial charge in [-0.05, 0) is 47.4 Å². The summed E-state index contributed by atoms with van der Waals surface area (Å²) in [6.07, 6.45) is -2.51. The number of aryl methyl sites for hydroxylation is 1. The Morgan fingerprint density at radius 3 is 2.63 bits per heavy atom. The second kappa shape index (κ2) is 7.23. The normalized spacial score (nSPS) is 14.9. The van der Waals surface area contributed by atoms with E-state index >= 15 is 0 Å². The molecule has 1 atom stereocenters. The van der Waals surface area contributed by atoms with Crippen LogP contribution in [0, 0.1) is 5.82 Å². The van der Waals surface area contributed by atoms with Crippen LogP contribution in [0.25, 0.3) is 0 Å². The number of fused-ring (bicyclic) bond motifs is 1. The van der Waals surface area contributed by atoms with Gasteiger partial charge in [0.05, 0.1) is 12.1 Å². The number of carbonyl (C=O) groups excluding carboxylic acids is 1. The van der Waals surface area contributed by atoms with Crippen LogP contribution in [0.5, 0.6) is 0 Å². The Balaban J connectivity index is 1.67. The van der Waals surface area contributed by atoms with Crippen LogP contribution in [0.1, 0.15) is 45.7 Å². The van der Waals surface area contributed by atoms with E-state index in [-0.39, 0.29) is 29.3 Å². The zero-order valence-electron chi connectivity index (χ0n) is 16.2. The molecule has 1 amide bonds. The number of rotatable bonds is 4. The third kappa shape index (κ3) is 3.55. The Bertz CT molecular complexity index is 1120. The third-order valence-electron chi connectivity index (χ3n) is 5.35. The molecule has 2 aromatic carbocycles. The molecule has 0 fully saturated rings. The molecular formula is C21H18F4N4O. The zero-order chi connectivity index (χ0) is 21.6. The Kier molecular flexibility index (Phi) is 4.83. The first-order chi connectivity index (χ1) is 14.1. The maximum absolute atomic E-state index is 14.4. The summed E-state index contributed by atoms with van der Waals surface area (Å²) in [4.78, 5) is 14.0. The van der Waals surface area contributed by atoms with E-state index in [0.717, 1.165) is 12.1 Å². The van der Waals surface area contributed by atoms with Gasteiger partial charge in [-0.15, -0.1) is 10.2 Å². The molecule has 5 nitrogen and oxygen atoms in total. The lowest BCUT2D eigenvalue weighted by Crippen LogP contribution is -2.23. The van der Waals surface area contributed by atoms with Crippen LogP contribution in [-0.4, -0.2) is 20.7 Å². The highest BCUT2D eigenvalue weighted by atomic mass is 19.4. The van der Waals surface area contributed by atoms with Crippen molar-refractivity contribution < 1.29 is 22.4 Å². The first-order valence-electron chi connectivity index (χ1n) is 9.29. The van der Waals surface area contributed by atoms with Crippen molar-refractivity contribution in [2.24, 2.45) is 7.05 Å². The molecule has 0 radical (unpaired) electrons. The first kappa shape index (κ1) is 20.1. The van der Waals surface area contributed by atoms with Crippen molar-refractivity contribution in [1.82, 2.24) is 14.8 Å². The molecule has 1 aliphatic rings. The quantitative estimate of drug-likeness (QED) is 0.587. The minimum Gasteiger partial charge on any atom is -0.321 e. The summed E-state index contributed by atoms with van der Waals surface area (Å²) >= 11 is 0. The van der Waals surface area contributed by atoms with Crippen LogP contribution in [0.15, 0.2) is 42.7 Å². The van der Waals surface area contributed by atoms with Crippen LogP contribution in [0.4, 0.5) is 23.2 Å². The molecule has 9 heteroatoms. The monoisotopic (exact) mass is 418 g/mol. The van der Waals surface area contributed by atoms with Gasteiger partial charge < -0.3 is 9.47 Å². The van der Waals surface area contributed by atoms with Crippen LogP contribution >= 0.6 is 0 Å². The van der Waals surface area contributed by atoms with Gasteiger partial charge in [-0.3, -0.25) is 4.79 Å². The average Bonchev–Trinajstić information content (AvgIpc) is 3.23. The zero-order valence-corrected chi connectivity index (χ0v) is 16.2. The van der Waals surface area contributed by atoms with E-state index in [1.165, 1.54) is 23.1 Å². The molecule has 3 aromatic rings. The lowest BCUT2D eigenvalue weighted by Gasteiger charge is -2.19. The molecule has 0 bridgehead atoms. The number of nitrogens with zero attached hydrogens (tertiary/aromatic N) is 4. The molecule has 0 saturated carbocycles. The number of alkyl halides is 3. The number of halogens is 4. The van der Waals surface area contributed by atoms with Crippen molar-refractivity contribution in [2.75, 3.05) is 4.90 Å². The van der Waals surface area contributed by atoms with Crippen LogP contribution in [0.2, 0.25) is 0 Å². The summed E-state index contributed by atoms with van der Waals surface area (Å²) in [5.74, 6) is -0.568. The molecule has 0 N–H and O–H groups in total. The summed E-state index contributed by atoms with van der Waals surface area (Å²) in [6, 6.07) is 7.69. The second-order valence-corrected chi connectivity index (χ2v) is 7.43. The number of benzene rings is 2. The lowest BCUT2D eigenvalue weighted by atomic mass is 9.96. The maximum Gasteiger partial charge on any atom is 0.416 e. The lowest BCUT2D eigenvalue weighted by molar-refractivity contribution is -0.138. The van der Waals surface area contributed by atoms with E-state index in [4.69, 9.17) is 0 Å². The minimum atomic E-state index is -4.57. The summed E-state index contributed by atoms with van der Waals surface area (Å²) < 4.78 is 56.2.